The molecule has 1 unspecified atom stereocenters. The molecule has 0 amide bonds. The van der Waals surface area contributed by atoms with Gasteiger partial charge in [0, 0.05) is 29.2 Å². The minimum atomic E-state index is -4.75. The number of carbonyl (C=O) groups is 1. The molecule has 38 heavy (non-hydrogen) atoms. The predicted octanol–water partition coefficient (Wildman–Crippen LogP) is 7.48. The topological polar surface area (TPSA) is 59.0 Å². The number of halogens is 4. The van der Waals surface area contributed by atoms with Gasteiger partial charge in [-0.15, -0.1) is 13.2 Å². The standard InChI is InChI=1S/C29H33BrF3NO4/c1-17(27(35)36)26(20-4-5-20)21-6-3-19-9-10-28(37-25(19)15-21)11-13-34(14-12-28)18(2)23-16-22(30)7-8-24(23)38-29(31,32)33/h3,6-8,15-18,20,26H,4-5,9-14H2,1-2H3,(H,35,36)/t17-,18?,26-/m0/s1. The molecule has 3 aliphatic rings. The third kappa shape index (κ3) is 5.83. The number of aryl methyl sites for hydroxylation is 1. The average Bonchev–Trinajstić information content (AvgIpc) is 3.69. The van der Waals surface area contributed by atoms with Gasteiger partial charge in [-0.05, 0) is 92.7 Å². The van der Waals surface area contributed by atoms with Gasteiger partial charge in [0.2, 0.25) is 0 Å². The maximum Gasteiger partial charge on any atom is 0.573 e. The fourth-order valence-electron chi connectivity index (χ4n) is 6.24. The lowest BCUT2D eigenvalue weighted by Crippen LogP contribution is -2.50. The highest BCUT2D eigenvalue weighted by Crippen LogP contribution is 2.49. The van der Waals surface area contributed by atoms with Crippen LogP contribution in [0.2, 0.25) is 0 Å². The van der Waals surface area contributed by atoms with Crippen LogP contribution in [0.5, 0.6) is 11.5 Å². The van der Waals surface area contributed by atoms with Crippen LogP contribution in [-0.4, -0.2) is 41.0 Å². The van der Waals surface area contributed by atoms with E-state index < -0.39 is 18.2 Å². The molecule has 0 bridgehead atoms. The number of ether oxygens (including phenoxy) is 2. The van der Waals surface area contributed by atoms with E-state index in [-0.39, 0.29) is 23.3 Å². The van der Waals surface area contributed by atoms with E-state index in [1.54, 1.807) is 19.1 Å². The van der Waals surface area contributed by atoms with Crippen molar-refractivity contribution in [3.63, 3.8) is 0 Å². The molecule has 1 aliphatic carbocycles. The first kappa shape index (κ1) is 27.3. The zero-order valence-corrected chi connectivity index (χ0v) is 23.1. The maximum absolute atomic E-state index is 13.0. The first-order valence-corrected chi connectivity index (χ1v) is 14.1. The number of nitrogens with zero attached hydrogens (tertiary/aromatic N) is 1. The van der Waals surface area contributed by atoms with Crippen molar-refractivity contribution in [3.05, 3.63) is 57.6 Å². The highest BCUT2D eigenvalue weighted by molar-refractivity contribution is 9.10. The number of fused-ring (bicyclic) bond motifs is 1. The second kappa shape index (κ2) is 10.4. The number of benzene rings is 2. The summed E-state index contributed by atoms with van der Waals surface area (Å²) in [5.41, 5.74) is 2.36. The van der Waals surface area contributed by atoms with Crippen LogP contribution in [-0.2, 0) is 11.2 Å². The molecule has 0 aromatic heterocycles. The Hall–Kier alpha value is -2.26. The second-order valence-corrected chi connectivity index (χ2v) is 12.0. The van der Waals surface area contributed by atoms with Crippen LogP contribution in [0, 0.1) is 11.8 Å². The molecule has 3 atom stereocenters. The van der Waals surface area contributed by atoms with E-state index >= 15 is 0 Å². The SMILES string of the molecule is CC(c1cc(Br)ccc1OC(F)(F)F)N1CCC2(CCc3ccc([C@H](C4CC4)[C@H](C)C(=O)O)cc3O2)CC1. The van der Waals surface area contributed by atoms with E-state index in [1.807, 2.05) is 6.92 Å². The Morgan fingerprint density at radius 3 is 2.47 bits per heavy atom. The fraction of sp³-hybridized carbons (Fsp3) is 0.552. The summed E-state index contributed by atoms with van der Waals surface area (Å²) < 4.78 is 50.7. The molecule has 0 radical (unpaired) electrons. The number of hydrogen-bond acceptors (Lipinski definition) is 4. The number of aliphatic carboxylic acids is 1. The molecule has 5 nitrogen and oxygen atoms in total. The van der Waals surface area contributed by atoms with Crippen molar-refractivity contribution in [3.8, 4) is 11.5 Å². The number of alkyl halides is 3. The Kier molecular flexibility index (Phi) is 7.46. The maximum atomic E-state index is 13.0. The van der Waals surface area contributed by atoms with Crippen molar-refractivity contribution in [2.24, 2.45) is 11.8 Å². The molecule has 1 saturated carbocycles. The number of likely N-dealkylation sites (tertiary alicyclic amines) is 1. The van der Waals surface area contributed by atoms with Gasteiger partial charge < -0.3 is 14.6 Å². The third-order valence-electron chi connectivity index (χ3n) is 8.62. The highest BCUT2D eigenvalue weighted by Gasteiger charge is 2.43. The van der Waals surface area contributed by atoms with Crippen LogP contribution in [0.3, 0.4) is 0 Å². The van der Waals surface area contributed by atoms with Gasteiger partial charge in [0.05, 0.1) is 5.92 Å². The second-order valence-electron chi connectivity index (χ2n) is 11.1. The number of hydrogen-bond donors (Lipinski definition) is 1. The summed E-state index contributed by atoms with van der Waals surface area (Å²) in [6.07, 6.45) is 0.681. The van der Waals surface area contributed by atoms with E-state index in [9.17, 15) is 23.1 Å². The summed E-state index contributed by atoms with van der Waals surface area (Å²) >= 11 is 3.38. The third-order valence-corrected chi connectivity index (χ3v) is 9.11. The van der Waals surface area contributed by atoms with E-state index in [4.69, 9.17) is 4.74 Å². The van der Waals surface area contributed by atoms with Crippen molar-refractivity contribution in [1.82, 2.24) is 4.90 Å². The van der Waals surface area contributed by atoms with Gasteiger partial charge in [-0.25, -0.2) is 0 Å². The van der Waals surface area contributed by atoms with Gasteiger partial charge in [0.15, 0.2) is 0 Å². The van der Waals surface area contributed by atoms with Gasteiger partial charge in [0.25, 0.3) is 0 Å². The summed E-state index contributed by atoms with van der Waals surface area (Å²) in [6.45, 7) is 5.08. The summed E-state index contributed by atoms with van der Waals surface area (Å²) in [4.78, 5) is 14.0. The zero-order chi connectivity index (χ0) is 27.2. The molecule has 1 N–H and O–H groups in total. The van der Waals surface area contributed by atoms with Crippen molar-refractivity contribution in [1.29, 1.82) is 0 Å². The lowest BCUT2D eigenvalue weighted by atomic mass is 9.80. The molecular formula is C29H33BrF3NO4. The Bertz CT molecular complexity index is 1190. The monoisotopic (exact) mass is 595 g/mol. The van der Waals surface area contributed by atoms with E-state index in [0.717, 1.165) is 55.4 Å². The van der Waals surface area contributed by atoms with Crippen LogP contribution < -0.4 is 9.47 Å². The number of piperidine rings is 1. The summed E-state index contributed by atoms with van der Waals surface area (Å²) in [6, 6.07) is 10.6. The lowest BCUT2D eigenvalue weighted by Gasteiger charge is -2.46. The fourth-order valence-corrected chi connectivity index (χ4v) is 6.61. The van der Waals surface area contributed by atoms with Gasteiger partial charge in [0.1, 0.15) is 17.1 Å². The van der Waals surface area contributed by atoms with Gasteiger partial charge in [-0.3, -0.25) is 9.69 Å². The predicted molar refractivity (Wildman–Crippen MR) is 140 cm³/mol. The van der Waals surface area contributed by atoms with E-state index in [1.165, 1.54) is 6.07 Å². The van der Waals surface area contributed by atoms with Gasteiger partial charge in [-0.2, -0.15) is 0 Å². The van der Waals surface area contributed by atoms with Crippen molar-refractivity contribution in [2.75, 3.05) is 13.1 Å². The molecule has 2 aromatic rings. The quantitative estimate of drug-likeness (QED) is 0.359. The number of rotatable bonds is 7. The highest BCUT2D eigenvalue weighted by atomic mass is 79.9. The normalized spacial score (nSPS) is 21.7. The van der Waals surface area contributed by atoms with Crippen molar-refractivity contribution >= 4 is 21.9 Å². The van der Waals surface area contributed by atoms with Crippen LogP contribution >= 0.6 is 15.9 Å². The van der Waals surface area contributed by atoms with Crippen LogP contribution in [0.25, 0.3) is 0 Å². The zero-order valence-electron chi connectivity index (χ0n) is 21.6. The van der Waals surface area contributed by atoms with Gasteiger partial charge >= 0.3 is 12.3 Å². The van der Waals surface area contributed by atoms with Crippen LogP contribution in [0.4, 0.5) is 13.2 Å². The van der Waals surface area contributed by atoms with E-state index in [2.05, 4.69) is 43.8 Å². The van der Waals surface area contributed by atoms with Crippen LogP contribution in [0.15, 0.2) is 40.9 Å². The summed E-state index contributed by atoms with van der Waals surface area (Å²) in [5.74, 6) is -0.151. The molecule has 1 saturated heterocycles. The first-order chi connectivity index (χ1) is 17.9. The smallest absolute Gasteiger partial charge is 0.487 e. The summed E-state index contributed by atoms with van der Waals surface area (Å²) in [7, 11) is 0. The van der Waals surface area contributed by atoms with E-state index in [0.29, 0.717) is 29.0 Å². The Morgan fingerprint density at radius 2 is 1.84 bits per heavy atom. The summed E-state index contributed by atoms with van der Waals surface area (Å²) in [5, 5.41) is 9.67. The Morgan fingerprint density at radius 1 is 1.13 bits per heavy atom. The first-order valence-electron chi connectivity index (χ1n) is 13.3. The van der Waals surface area contributed by atoms with Crippen LogP contribution in [0.1, 0.15) is 74.6 Å². The molecule has 2 fully saturated rings. The number of carboxylic acid groups (broad SMARTS) is 1. The molecule has 2 aromatic carbocycles. The minimum absolute atomic E-state index is 0.0136. The van der Waals surface area contributed by atoms with Gasteiger partial charge in [-0.1, -0.05) is 35.0 Å². The van der Waals surface area contributed by atoms with Crippen molar-refractivity contribution in [2.45, 2.75) is 76.3 Å². The lowest BCUT2D eigenvalue weighted by molar-refractivity contribution is -0.275. The molecule has 2 aliphatic heterocycles. The molecular weight excluding hydrogens is 563 g/mol. The molecule has 1 spiro atoms. The average molecular weight is 596 g/mol. The Balaban J connectivity index is 1.30. The van der Waals surface area contributed by atoms with Crippen molar-refractivity contribution < 1.29 is 32.5 Å². The largest absolute Gasteiger partial charge is 0.573 e. The molecule has 9 heteroatoms. The minimum Gasteiger partial charge on any atom is -0.487 e. The molecule has 5 rings (SSSR count). The molecule has 2 heterocycles. The Labute approximate surface area is 229 Å². The molecule has 206 valence electrons. The number of carboxylic acids is 1.